The lowest BCUT2D eigenvalue weighted by Gasteiger charge is -2.39. The lowest BCUT2D eigenvalue weighted by Crippen LogP contribution is -2.53. The standard InChI is InChI=1S/C29H47NO2Si3/c1-8-9-10-11-12-13-14-23-33(2,3)31-35(6,7)32-34(4,5)25-27-17-21-29(22-18-27)28-19-15-26(24-30)16-20-28/h15-22H,8-14,23,25H2,1-7H3. The van der Waals surface area contributed by atoms with Crippen LogP contribution in [0.1, 0.15) is 63.0 Å². The molecule has 0 aromatic heterocycles. The van der Waals surface area contributed by atoms with E-state index in [2.05, 4.69) is 76.5 Å². The molecule has 0 radical (unpaired) electrons. The van der Waals surface area contributed by atoms with Gasteiger partial charge in [0.05, 0.1) is 11.6 Å². The van der Waals surface area contributed by atoms with Crippen molar-refractivity contribution in [3.8, 4) is 17.2 Å². The van der Waals surface area contributed by atoms with Gasteiger partial charge in [-0.15, -0.1) is 0 Å². The molecule has 0 bridgehead atoms. The molecule has 0 atom stereocenters. The van der Waals surface area contributed by atoms with Gasteiger partial charge >= 0.3 is 8.56 Å². The van der Waals surface area contributed by atoms with Crippen molar-refractivity contribution < 1.29 is 8.23 Å². The maximum atomic E-state index is 9.01. The highest BCUT2D eigenvalue weighted by Gasteiger charge is 2.39. The van der Waals surface area contributed by atoms with Crippen molar-refractivity contribution in [3.05, 3.63) is 59.7 Å². The largest absolute Gasteiger partial charge is 0.437 e. The predicted octanol–water partition coefficient (Wildman–Crippen LogP) is 9.20. The SMILES string of the molecule is CCCCCCCCC[Si](C)(C)O[Si](C)(C)O[Si](C)(C)Cc1ccc(-c2ccc(C#N)cc2)cc1. The molecule has 2 rings (SSSR count). The van der Waals surface area contributed by atoms with Crippen molar-refractivity contribution in [1.82, 2.24) is 0 Å². The number of nitrogens with zero attached hydrogens (tertiary/aromatic N) is 1. The van der Waals surface area contributed by atoms with E-state index in [0.29, 0.717) is 5.56 Å². The average molecular weight is 526 g/mol. The van der Waals surface area contributed by atoms with Crippen LogP contribution in [0.15, 0.2) is 48.5 Å². The first-order valence-corrected chi connectivity index (χ1v) is 22.5. The van der Waals surface area contributed by atoms with E-state index in [1.807, 2.05) is 24.3 Å². The first kappa shape index (κ1) is 29.7. The second kappa shape index (κ2) is 13.7. The van der Waals surface area contributed by atoms with Crippen LogP contribution in [0.2, 0.25) is 45.3 Å². The summed E-state index contributed by atoms with van der Waals surface area (Å²) in [5, 5.41) is 9.01. The highest BCUT2D eigenvalue weighted by Crippen LogP contribution is 2.27. The lowest BCUT2D eigenvalue weighted by atomic mass is 10.0. The summed E-state index contributed by atoms with van der Waals surface area (Å²) < 4.78 is 13.6. The van der Waals surface area contributed by atoms with Crippen molar-refractivity contribution in [2.45, 2.75) is 103 Å². The number of nitriles is 1. The fourth-order valence-corrected chi connectivity index (χ4v) is 19.2. The zero-order valence-electron chi connectivity index (χ0n) is 23.2. The third-order valence-corrected chi connectivity index (χ3v) is 17.5. The molecule has 0 aliphatic carbocycles. The summed E-state index contributed by atoms with van der Waals surface area (Å²) >= 11 is 0. The molecule has 0 unspecified atom stereocenters. The molecule has 0 aliphatic heterocycles. The third kappa shape index (κ3) is 11.4. The minimum atomic E-state index is -2.19. The van der Waals surface area contributed by atoms with Gasteiger partial charge in [-0.1, -0.05) is 88.3 Å². The highest BCUT2D eigenvalue weighted by molar-refractivity contribution is 6.87. The fraction of sp³-hybridized carbons (Fsp3) is 0.552. The maximum Gasteiger partial charge on any atom is 0.311 e. The van der Waals surface area contributed by atoms with Crippen LogP contribution in [0, 0.1) is 11.3 Å². The number of unbranched alkanes of at least 4 members (excludes halogenated alkanes) is 6. The van der Waals surface area contributed by atoms with E-state index >= 15 is 0 Å². The summed E-state index contributed by atoms with van der Waals surface area (Å²) in [6.07, 6.45) is 9.46. The first-order valence-electron chi connectivity index (χ1n) is 13.5. The molecule has 0 heterocycles. The smallest absolute Gasteiger partial charge is 0.311 e. The van der Waals surface area contributed by atoms with Gasteiger partial charge < -0.3 is 8.23 Å². The van der Waals surface area contributed by atoms with Crippen molar-refractivity contribution in [3.63, 3.8) is 0 Å². The highest BCUT2D eigenvalue weighted by atomic mass is 28.5. The Morgan fingerprint density at radius 2 is 1.14 bits per heavy atom. The van der Waals surface area contributed by atoms with Crippen LogP contribution in [0.3, 0.4) is 0 Å². The van der Waals surface area contributed by atoms with Crippen LogP contribution in [-0.2, 0) is 14.3 Å². The van der Waals surface area contributed by atoms with E-state index in [-0.39, 0.29) is 0 Å². The van der Waals surface area contributed by atoms with E-state index in [4.69, 9.17) is 13.5 Å². The molecule has 0 saturated heterocycles. The molecule has 35 heavy (non-hydrogen) atoms. The van der Waals surface area contributed by atoms with Crippen LogP contribution in [0.25, 0.3) is 11.1 Å². The molecule has 0 aliphatic rings. The molecule has 0 fully saturated rings. The van der Waals surface area contributed by atoms with E-state index in [1.165, 1.54) is 62.1 Å². The van der Waals surface area contributed by atoms with Crippen molar-refractivity contribution >= 4 is 25.2 Å². The fourth-order valence-electron chi connectivity index (χ4n) is 4.99. The number of hydrogen-bond acceptors (Lipinski definition) is 3. The van der Waals surface area contributed by atoms with Gasteiger partial charge in [0, 0.05) is 0 Å². The van der Waals surface area contributed by atoms with Crippen LogP contribution in [0.5, 0.6) is 0 Å². The third-order valence-electron chi connectivity index (χ3n) is 6.36. The Kier molecular flexibility index (Phi) is 11.6. The van der Waals surface area contributed by atoms with Gasteiger partial charge in [-0.25, -0.2) is 0 Å². The molecule has 2 aromatic carbocycles. The zero-order valence-corrected chi connectivity index (χ0v) is 26.2. The lowest BCUT2D eigenvalue weighted by molar-refractivity contribution is 0.387. The van der Waals surface area contributed by atoms with E-state index < -0.39 is 25.2 Å². The Morgan fingerprint density at radius 3 is 1.69 bits per heavy atom. The minimum Gasteiger partial charge on any atom is -0.437 e. The average Bonchev–Trinajstić information content (AvgIpc) is 2.77. The molecule has 3 nitrogen and oxygen atoms in total. The minimum absolute atomic E-state index is 0.693. The summed E-state index contributed by atoms with van der Waals surface area (Å²) in [6.45, 7) is 16.2. The molecule has 192 valence electrons. The first-order chi connectivity index (χ1) is 16.5. The van der Waals surface area contributed by atoms with E-state index in [9.17, 15) is 0 Å². The van der Waals surface area contributed by atoms with Crippen molar-refractivity contribution in [2.24, 2.45) is 0 Å². The summed E-state index contributed by atoms with van der Waals surface area (Å²) in [7, 11) is -5.83. The number of rotatable bonds is 15. The molecule has 0 amide bonds. The monoisotopic (exact) mass is 525 g/mol. The molecule has 0 saturated carbocycles. The van der Waals surface area contributed by atoms with Crippen molar-refractivity contribution in [1.29, 1.82) is 5.26 Å². The normalized spacial score (nSPS) is 12.5. The van der Waals surface area contributed by atoms with Gasteiger partial charge in [-0.05, 0) is 80.2 Å². The summed E-state index contributed by atoms with van der Waals surface area (Å²) in [5.74, 6) is 0. The quantitative estimate of drug-likeness (QED) is 0.172. The molecule has 0 N–H and O–H groups in total. The van der Waals surface area contributed by atoms with Gasteiger partial charge in [-0.3, -0.25) is 0 Å². The van der Waals surface area contributed by atoms with Gasteiger partial charge in [0.1, 0.15) is 0 Å². The van der Waals surface area contributed by atoms with E-state index in [1.54, 1.807) is 0 Å². The van der Waals surface area contributed by atoms with Gasteiger partial charge in [0.15, 0.2) is 16.6 Å². The van der Waals surface area contributed by atoms with Gasteiger partial charge in [0.25, 0.3) is 0 Å². The number of benzene rings is 2. The van der Waals surface area contributed by atoms with Crippen LogP contribution in [0.4, 0.5) is 0 Å². The molecular weight excluding hydrogens is 479 g/mol. The van der Waals surface area contributed by atoms with Crippen LogP contribution >= 0.6 is 0 Å². The Labute approximate surface area is 218 Å². The summed E-state index contributed by atoms with van der Waals surface area (Å²) in [6, 6.07) is 21.0. The Balaban J connectivity index is 1.87. The van der Waals surface area contributed by atoms with Crippen LogP contribution < -0.4 is 0 Å². The second-order valence-electron chi connectivity index (χ2n) is 11.6. The summed E-state index contributed by atoms with van der Waals surface area (Å²) in [4.78, 5) is 0. The predicted molar refractivity (Wildman–Crippen MR) is 158 cm³/mol. The Hall–Kier alpha value is -1.50. The molecular formula is C29H47NO2Si3. The molecule has 6 heteroatoms. The molecule has 0 spiro atoms. The van der Waals surface area contributed by atoms with Crippen LogP contribution in [-0.4, -0.2) is 25.2 Å². The topological polar surface area (TPSA) is 42.2 Å². The van der Waals surface area contributed by atoms with Gasteiger partial charge in [0.2, 0.25) is 0 Å². The zero-order chi connectivity index (χ0) is 26.0. The molecule has 2 aromatic rings. The van der Waals surface area contributed by atoms with E-state index in [0.717, 1.165) is 11.6 Å². The second-order valence-corrected chi connectivity index (χ2v) is 23.9. The van der Waals surface area contributed by atoms with Crippen molar-refractivity contribution in [2.75, 3.05) is 0 Å². The van der Waals surface area contributed by atoms with Gasteiger partial charge in [-0.2, -0.15) is 5.26 Å². The summed E-state index contributed by atoms with van der Waals surface area (Å²) in [5.41, 5.74) is 4.33. The Bertz CT molecular complexity index is 932. The Morgan fingerprint density at radius 1 is 0.657 bits per heavy atom. The number of hydrogen-bond donors (Lipinski definition) is 0. The maximum absolute atomic E-state index is 9.01.